The van der Waals surface area contributed by atoms with Crippen molar-refractivity contribution < 1.29 is 4.79 Å². The monoisotopic (exact) mass is 345 g/mol. The molecular formula is C16H16BrN3O. The summed E-state index contributed by atoms with van der Waals surface area (Å²) in [6.45, 7) is 3.80. The third kappa shape index (κ3) is 3.92. The maximum absolute atomic E-state index is 12.0. The molecule has 0 atom stereocenters. The minimum atomic E-state index is -0.245. The van der Waals surface area contributed by atoms with Gasteiger partial charge in [0.25, 0.3) is 5.91 Å². The van der Waals surface area contributed by atoms with Crippen molar-refractivity contribution >= 4 is 33.2 Å². The number of amides is 1. The molecule has 0 bridgehead atoms. The summed E-state index contributed by atoms with van der Waals surface area (Å²) < 4.78 is 0.898. The van der Waals surface area contributed by atoms with Gasteiger partial charge < -0.3 is 5.73 Å². The zero-order valence-corrected chi connectivity index (χ0v) is 13.4. The van der Waals surface area contributed by atoms with E-state index in [4.69, 9.17) is 5.73 Å². The van der Waals surface area contributed by atoms with E-state index in [1.807, 2.05) is 32.0 Å². The first-order valence-corrected chi connectivity index (χ1v) is 7.23. The van der Waals surface area contributed by atoms with E-state index in [1.54, 1.807) is 24.3 Å². The topological polar surface area (TPSA) is 67.5 Å². The summed E-state index contributed by atoms with van der Waals surface area (Å²) in [5, 5.41) is 4.11. The van der Waals surface area contributed by atoms with Crippen molar-refractivity contribution in [3.63, 3.8) is 0 Å². The third-order valence-corrected chi connectivity index (χ3v) is 3.94. The summed E-state index contributed by atoms with van der Waals surface area (Å²) >= 11 is 3.41. The number of benzene rings is 2. The maximum atomic E-state index is 12.0. The van der Waals surface area contributed by atoms with Gasteiger partial charge in [-0.3, -0.25) is 4.79 Å². The van der Waals surface area contributed by atoms with Gasteiger partial charge >= 0.3 is 0 Å². The van der Waals surface area contributed by atoms with E-state index in [-0.39, 0.29) is 5.91 Å². The molecule has 0 spiro atoms. The number of hydrogen-bond acceptors (Lipinski definition) is 3. The van der Waals surface area contributed by atoms with Crippen LogP contribution in [-0.2, 0) is 0 Å². The first-order chi connectivity index (χ1) is 9.97. The molecule has 0 aliphatic carbocycles. The second-order valence-corrected chi connectivity index (χ2v) is 5.58. The fourth-order valence-corrected chi connectivity index (χ4v) is 2.10. The lowest BCUT2D eigenvalue weighted by Crippen LogP contribution is -2.19. The first kappa shape index (κ1) is 15.3. The minimum absolute atomic E-state index is 0.245. The van der Waals surface area contributed by atoms with E-state index in [2.05, 4.69) is 26.5 Å². The molecule has 0 aliphatic heterocycles. The van der Waals surface area contributed by atoms with E-state index in [0.29, 0.717) is 11.3 Å². The quantitative estimate of drug-likeness (QED) is 0.507. The van der Waals surface area contributed by atoms with Gasteiger partial charge in [0.2, 0.25) is 0 Å². The number of hydrogen-bond donors (Lipinski definition) is 2. The molecule has 0 radical (unpaired) electrons. The predicted molar refractivity (Wildman–Crippen MR) is 89.4 cm³/mol. The van der Waals surface area contributed by atoms with Crippen LogP contribution in [0.25, 0.3) is 0 Å². The number of carbonyl (C=O) groups is 1. The van der Waals surface area contributed by atoms with Gasteiger partial charge in [-0.05, 0) is 49.2 Å². The number of nitrogens with zero attached hydrogens (tertiary/aromatic N) is 1. The van der Waals surface area contributed by atoms with Crippen LogP contribution in [0.5, 0.6) is 0 Å². The number of carbonyl (C=O) groups excluding carboxylic acids is 1. The highest BCUT2D eigenvalue weighted by Gasteiger charge is 2.06. The number of anilines is 1. The van der Waals surface area contributed by atoms with Crippen LogP contribution in [0.2, 0.25) is 0 Å². The molecule has 0 saturated carbocycles. The van der Waals surface area contributed by atoms with Crippen LogP contribution >= 0.6 is 15.9 Å². The highest BCUT2D eigenvalue weighted by atomic mass is 79.9. The lowest BCUT2D eigenvalue weighted by molar-refractivity contribution is 0.0955. The van der Waals surface area contributed by atoms with Crippen LogP contribution in [0.4, 0.5) is 5.69 Å². The molecule has 5 heteroatoms. The van der Waals surface area contributed by atoms with Crippen molar-refractivity contribution in [1.82, 2.24) is 5.43 Å². The van der Waals surface area contributed by atoms with Gasteiger partial charge in [-0.2, -0.15) is 5.10 Å². The van der Waals surface area contributed by atoms with Gasteiger partial charge in [-0.15, -0.1) is 0 Å². The Hall–Kier alpha value is -2.14. The molecule has 0 heterocycles. The number of nitrogen functional groups attached to an aromatic ring is 1. The van der Waals surface area contributed by atoms with Gasteiger partial charge in [-0.1, -0.05) is 34.1 Å². The lowest BCUT2D eigenvalue weighted by atomic mass is 10.1. The molecule has 0 aromatic heterocycles. The normalized spacial score (nSPS) is 11.3. The number of hydrazone groups is 1. The fourth-order valence-electron chi connectivity index (χ4n) is 1.72. The smallest absolute Gasteiger partial charge is 0.271 e. The molecule has 0 unspecified atom stereocenters. The maximum Gasteiger partial charge on any atom is 0.271 e. The molecule has 2 aromatic carbocycles. The van der Waals surface area contributed by atoms with E-state index < -0.39 is 0 Å². The van der Waals surface area contributed by atoms with Crippen LogP contribution in [0.3, 0.4) is 0 Å². The van der Waals surface area contributed by atoms with Crippen molar-refractivity contribution in [3.05, 3.63) is 63.6 Å². The number of nitrogens with two attached hydrogens (primary N) is 1. The zero-order chi connectivity index (χ0) is 15.4. The van der Waals surface area contributed by atoms with E-state index in [1.165, 1.54) is 0 Å². The van der Waals surface area contributed by atoms with Crippen LogP contribution in [0, 0.1) is 6.92 Å². The van der Waals surface area contributed by atoms with E-state index in [9.17, 15) is 4.79 Å². The Kier molecular flexibility index (Phi) is 4.75. The Morgan fingerprint density at radius 1 is 1.14 bits per heavy atom. The first-order valence-electron chi connectivity index (χ1n) is 6.44. The molecule has 108 valence electrons. The Balaban J connectivity index is 2.10. The molecule has 1 amide bonds. The van der Waals surface area contributed by atoms with Gasteiger partial charge in [0, 0.05) is 15.7 Å². The summed E-state index contributed by atoms with van der Waals surface area (Å²) in [6, 6.07) is 12.8. The number of rotatable bonds is 3. The average molecular weight is 346 g/mol. The molecule has 0 aliphatic rings. The molecule has 0 saturated heterocycles. The molecule has 3 N–H and O–H groups in total. The summed E-state index contributed by atoms with van der Waals surface area (Å²) in [5.74, 6) is -0.245. The second kappa shape index (κ2) is 6.54. The van der Waals surface area contributed by atoms with Gasteiger partial charge in [-0.25, -0.2) is 5.43 Å². The van der Waals surface area contributed by atoms with Crippen LogP contribution < -0.4 is 11.2 Å². The molecule has 21 heavy (non-hydrogen) atoms. The minimum Gasteiger partial charge on any atom is -0.399 e. The number of nitrogens with one attached hydrogen (secondary N) is 1. The summed E-state index contributed by atoms with van der Waals surface area (Å²) in [4.78, 5) is 12.0. The summed E-state index contributed by atoms with van der Waals surface area (Å²) in [6.07, 6.45) is 0. The molecule has 0 fully saturated rings. The van der Waals surface area contributed by atoms with Crippen LogP contribution in [0.1, 0.15) is 28.4 Å². The molecule has 4 nitrogen and oxygen atoms in total. The Morgan fingerprint density at radius 3 is 2.38 bits per heavy atom. The van der Waals surface area contributed by atoms with Crippen molar-refractivity contribution in [3.8, 4) is 0 Å². The van der Waals surface area contributed by atoms with E-state index >= 15 is 0 Å². The largest absolute Gasteiger partial charge is 0.399 e. The zero-order valence-electron chi connectivity index (χ0n) is 11.9. The lowest BCUT2D eigenvalue weighted by Gasteiger charge is -2.05. The van der Waals surface area contributed by atoms with Crippen molar-refractivity contribution in [1.29, 1.82) is 0 Å². The second-order valence-electron chi connectivity index (χ2n) is 4.72. The molecular weight excluding hydrogens is 330 g/mol. The SMILES string of the molecule is CC(=NNC(=O)c1ccc(C)c(Br)c1)c1ccc(N)cc1. The van der Waals surface area contributed by atoms with Crippen molar-refractivity contribution in [2.24, 2.45) is 5.10 Å². The highest BCUT2D eigenvalue weighted by Crippen LogP contribution is 2.17. The number of aryl methyl sites for hydroxylation is 1. The highest BCUT2D eigenvalue weighted by molar-refractivity contribution is 9.10. The van der Waals surface area contributed by atoms with E-state index in [0.717, 1.165) is 21.3 Å². The third-order valence-electron chi connectivity index (χ3n) is 3.09. The van der Waals surface area contributed by atoms with Gasteiger partial charge in [0.15, 0.2) is 0 Å². The van der Waals surface area contributed by atoms with Crippen molar-refractivity contribution in [2.45, 2.75) is 13.8 Å². The van der Waals surface area contributed by atoms with Crippen molar-refractivity contribution in [2.75, 3.05) is 5.73 Å². The Labute approximate surface area is 132 Å². The number of halogens is 1. The Bertz CT molecular complexity index is 693. The van der Waals surface area contributed by atoms with Gasteiger partial charge in [0.05, 0.1) is 5.71 Å². The standard InChI is InChI=1S/C16H16BrN3O/c1-10-3-4-13(9-15(10)17)16(21)20-19-11(2)12-5-7-14(18)8-6-12/h3-9H,18H2,1-2H3,(H,20,21). The van der Waals surface area contributed by atoms with Crippen LogP contribution in [-0.4, -0.2) is 11.6 Å². The Morgan fingerprint density at radius 2 is 1.76 bits per heavy atom. The summed E-state index contributed by atoms with van der Waals surface area (Å²) in [5.41, 5.74) is 12.1. The fraction of sp³-hybridized carbons (Fsp3) is 0.125. The van der Waals surface area contributed by atoms with Gasteiger partial charge in [0.1, 0.15) is 0 Å². The summed E-state index contributed by atoms with van der Waals surface area (Å²) in [7, 11) is 0. The predicted octanol–water partition coefficient (Wildman–Crippen LogP) is 3.49. The van der Waals surface area contributed by atoms with Crippen LogP contribution in [0.15, 0.2) is 52.0 Å². The molecule has 2 rings (SSSR count). The average Bonchev–Trinajstić information content (AvgIpc) is 2.48. The molecule has 2 aromatic rings.